The number of anilines is 2. The van der Waals surface area contributed by atoms with E-state index in [9.17, 15) is 8.42 Å². The molecule has 112 valence electrons. The number of aryl methyl sites for hydroxylation is 2. The molecular weight excluding hydrogens is 312 g/mol. The first-order valence-corrected chi connectivity index (χ1v) is 8.31. The lowest BCUT2D eigenvalue weighted by Crippen LogP contribution is -2.36. The van der Waals surface area contributed by atoms with Gasteiger partial charge in [-0.15, -0.1) is 0 Å². The normalized spacial score (nSPS) is 15.0. The topological polar surface area (TPSA) is 81.2 Å². The zero-order valence-corrected chi connectivity index (χ0v) is 13.0. The number of halogens is 1. The molecule has 0 fully saturated rings. The maximum Gasteiger partial charge on any atom is 0.283 e. The van der Waals surface area contributed by atoms with Gasteiger partial charge in [0.1, 0.15) is 0 Å². The van der Waals surface area contributed by atoms with E-state index in [1.165, 1.54) is 15.2 Å². The van der Waals surface area contributed by atoms with Crippen LogP contribution in [0.1, 0.15) is 12.0 Å². The van der Waals surface area contributed by atoms with Gasteiger partial charge in [0, 0.05) is 19.3 Å². The van der Waals surface area contributed by atoms with Gasteiger partial charge in [0.15, 0.2) is 5.03 Å². The molecule has 3 rings (SSSR count). The van der Waals surface area contributed by atoms with Gasteiger partial charge < -0.3 is 5.73 Å². The van der Waals surface area contributed by atoms with Crippen molar-refractivity contribution in [3.05, 3.63) is 35.0 Å². The van der Waals surface area contributed by atoms with E-state index in [2.05, 4.69) is 5.10 Å². The number of sulfonamides is 1. The van der Waals surface area contributed by atoms with Crippen LogP contribution in [-0.2, 0) is 23.5 Å². The molecule has 0 bridgehead atoms. The summed E-state index contributed by atoms with van der Waals surface area (Å²) in [4.78, 5) is 0. The number of aromatic nitrogens is 2. The highest BCUT2D eigenvalue weighted by Crippen LogP contribution is 2.34. The summed E-state index contributed by atoms with van der Waals surface area (Å²) < 4.78 is 28.4. The third-order valence-electron chi connectivity index (χ3n) is 3.56. The summed E-state index contributed by atoms with van der Waals surface area (Å²) in [5.74, 6) is 0. The number of nitrogen functional groups attached to an aromatic ring is 1. The predicted molar refractivity (Wildman–Crippen MR) is 81.9 cm³/mol. The largest absolute Gasteiger partial charge is 0.399 e. The molecule has 1 aliphatic heterocycles. The summed E-state index contributed by atoms with van der Waals surface area (Å²) in [5, 5.41) is 4.04. The zero-order valence-electron chi connectivity index (χ0n) is 11.5. The van der Waals surface area contributed by atoms with Crippen molar-refractivity contribution < 1.29 is 8.42 Å². The van der Waals surface area contributed by atoms with Crippen molar-refractivity contribution in [2.24, 2.45) is 7.05 Å². The first-order chi connectivity index (χ1) is 9.91. The lowest BCUT2D eigenvalue weighted by molar-refractivity contribution is 0.568. The standard InChI is InChI=1S/C13H15ClN4O2S/c1-17-13(11(14)8-16-17)21(19,20)18-6-2-3-9-7-10(15)4-5-12(9)18/h4-5,7-8H,2-3,6,15H2,1H3. The van der Waals surface area contributed by atoms with E-state index in [1.807, 2.05) is 6.07 Å². The zero-order chi connectivity index (χ0) is 15.2. The molecule has 2 heterocycles. The van der Waals surface area contributed by atoms with Gasteiger partial charge in [-0.3, -0.25) is 8.99 Å². The number of fused-ring (bicyclic) bond motifs is 1. The molecule has 1 aromatic carbocycles. The third-order valence-corrected chi connectivity index (χ3v) is 5.88. The molecule has 0 aliphatic carbocycles. The van der Waals surface area contributed by atoms with Crippen molar-refractivity contribution in [3.8, 4) is 0 Å². The van der Waals surface area contributed by atoms with E-state index in [1.54, 1.807) is 19.2 Å². The van der Waals surface area contributed by atoms with E-state index < -0.39 is 10.0 Å². The van der Waals surface area contributed by atoms with Gasteiger partial charge >= 0.3 is 0 Å². The second-order valence-electron chi connectivity index (χ2n) is 4.99. The van der Waals surface area contributed by atoms with Crippen molar-refractivity contribution in [3.63, 3.8) is 0 Å². The number of benzene rings is 1. The predicted octanol–water partition coefficient (Wildman–Crippen LogP) is 1.80. The number of nitrogens with two attached hydrogens (primary N) is 1. The Hall–Kier alpha value is -1.73. The summed E-state index contributed by atoms with van der Waals surface area (Å²) in [6.07, 6.45) is 2.89. The van der Waals surface area contributed by atoms with Crippen molar-refractivity contribution in [2.45, 2.75) is 17.9 Å². The van der Waals surface area contributed by atoms with E-state index >= 15 is 0 Å². The minimum Gasteiger partial charge on any atom is -0.399 e. The summed E-state index contributed by atoms with van der Waals surface area (Å²) >= 11 is 5.99. The van der Waals surface area contributed by atoms with E-state index in [0.717, 1.165) is 18.4 Å². The Bertz CT molecular complexity index is 781. The Balaban J connectivity index is 2.14. The van der Waals surface area contributed by atoms with Crippen LogP contribution in [0.15, 0.2) is 29.4 Å². The summed E-state index contributed by atoms with van der Waals surface area (Å²) in [5.41, 5.74) is 8.00. The number of hydrogen-bond acceptors (Lipinski definition) is 4. The van der Waals surface area contributed by atoms with Gasteiger partial charge in [0.2, 0.25) is 0 Å². The maximum absolute atomic E-state index is 12.9. The van der Waals surface area contributed by atoms with E-state index in [4.69, 9.17) is 17.3 Å². The average Bonchev–Trinajstić information content (AvgIpc) is 2.77. The fourth-order valence-corrected chi connectivity index (χ4v) is 4.78. The molecule has 0 saturated heterocycles. The Labute approximate surface area is 128 Å². The fraction of sp³-hybridized carbons (Fsp3) is 0.308. The molecule has 0 amide bonds. The van der Waals surface area contributed by atoms with Crippen molar-refractivity contribution in [1.82, 2.24) is 9.78 Å². The molecular formula is C13H15ClN4O2S. The van der Waals surface area contributed by atoms with Crippen LogP contribution < -0.4 is 10.0 Å². The van der Waals surface area contributed by atoms with Gasteiger partial charge in [-0.1, -0.05) is 11.6 Å². The van der Waals surface area contributed by atoms with Gasteiger partial charge in [0.25, 0.3) is 10.0 Å². The molecule has 0 unspecified atom stereocenters. The minimum atomic E-state index is -3.75. The number of hydrogen-bond donors (Lipinski definition) is 1. The highest BCUT2D eigenvalue weighted by molar-refractivity contribution is 7.92. The first kappa shape index (κ1) is 14.2. The molecule has 2 aromatic rings. The molecule has 8 heteroatoms. The third kappa shape index (κ3) is 2.26. The lowest BCUT2D eigenvalue weighted by atomic mass is 10.0. The molecule has 0 radical (unpaired) electrons. The second-order valence-corrected chi connectivity index (χ2v) is 7.17. The van der Waals surface area contributed by atoms with Crippen LogP contribution >= 0.6 is 11.6 Å². The van der Waals surface area contributed by atoms with Crippen molar-refractivity contribution in [1.29, 1.82) is 0 Å². The maximum atomic E-state index is 12.9. The quantitative estimate of drug-likeness (QED) is 0.853. The van der Waals surface area contributed by atoms with Crippen molar-refractivity contribution >= 4 is 33.0 Å². The summed E-state index contributed by atoms with van der Waals surface area (Å²) in [6, 6.07) is 5.27. The summed E-state index contributed by atoms with van der Waals surface area (Å²) in [7, 11) is -2.18. The lowest BCUT2D eigenvalue weighted by Gasteiger charge is -2.30. The smallest absolute Gasteiger partial charge is 0.283 e. The molecule has 2 N–H and O–H groups in total. The number of rotatable bonds is 2. The molecule has 1 aromatic heterocycles. The van der Waals surface area contributed by atoms with Gasteiger partial charge in [-0.25, -0.2) is 0 Å². The Morgan fingerprint density at radius 2 is 2.14 bits per heavy atom. The average molecular weight is 327 g/mol. The van der Waals surface area contributed by atoms with Crippen LogP contribution in [0.3, 0.4) is 0 Å². The van der Waals surface area contributed by atoms with E-state index in [0.29, 0.717) is 17.9 Å². The first-order valence-electron chi connectivity index (χ1n) is 6.50. The van der Waals surface area contributed by atoms with Gasteiger partial charge in [-0.05, 0) is 36.6 Å². The van der Waals surface area contributed by atoms with E-state index in [-0.39, 0.29) is 10.0 Å². The molecule has 6 nitrogen and oxygen atoms in total. The van der Waals surface area contributed by atoms with Crippen LogP contribution in [0.4, 0.5) is 11.4 Å². The fourth-order valence-electron chi connectivity index (χ4n) is 2.63. The Morgan fingerprint density at radius 3 is 2.81 bits per heavy atom. The summed E-state index contributed by atoms with van der Waals surface area (Å²) in [6.45, 7) is 0.417. The Kier molecular flexibility index (Phi) is 3.33. The SMILES string of the molecule is Cn1ncc(Cl)c1S(=O)(=O)N1CCCc2cc(N)ccc21. The van der Waals surface area contributed by atoms with Crippen molar-refractivity contribution in [2.75, 3.05) is 16.6 Å². The molecule has 0 atom stereocenters. The van der Waals surface area contributed by atoms with Crippen LogP contribution in [-0.4, -0.2) is 24.7 Å². The van der Waals surface area contributed by atoms with Crippen LogP contribution in [0.5, 0.6) is 0 Å². The van der Waals surface area contributed by atoms with Crippen LogP contribution in [0.2, 0.25) is 5.02 Å². The molecule has 1 aliphatic rings. The highest BCUT2D eigenvalue weighted by Gasteiger charge is 2.33. The van der Waals surface area contributed by atoms with Gasteiger partial charge in [0.05, 0.1) is 16.9 Å². The second kappa shape index (κ2) is 4.92. The van der Waals surface area contributed by atoms with Crippen LogP contribution in [0.25, 0.3) is 0 Å². The monoisotopic (exact) mass is 326 g/mol. The molecule has 0 saturated carbocycles. The number of nitrogens with zero attached hydrogens (tertiary/aromatic N) is 3. The van der Waals surface area contributed by atoms with Crippen LogP contribution in [0, 0.1) is 0 Å². The van der Waals surface area contributed by atoms with Gasteiger partial charge in [-0.2, -0.15) is 13.5 Å². The molecule has 21 heavy (non-hydrogen) atoms. The highest BCUT2D eigenvalue weighted by atomic mass is 35.5. The minimum absolute atomic E-state index is 0.00819. The molecule has 0 spiro atoms. The Morgan fingerprint density at radius 1 is 1.38 bits per heavy atom.